The van der Waals surface area contributed by atoms with Crippen LogP contribution in [0.5, 0.6) is 0 Å². The second kappa shape index (κ2) is 11.5. The van der Waals surface area contributed by atoms with E-state index in [-0.39, 0.29) is 5.91 Å². The van der Waals surface area contributed by atoms with Crippen LogP contribution in [0.2, 0.25) is 5.02 Å². The number of piperazine rings is 1. The molecule has 6 heteroatoms. The summed E-state index contributed by atoms with van der Waals surface area (Å²) < 4.78 is 0. The minimum Gasteiger partial charge on any atom is -0.325 e. The maximum Gasteiger partial charge on any atom is 0.238 e. The average Bonchev–Trinajstić information content (AvgIpc) is 2.88. The molecule has 1 N–H and O–H groups in total. The van der Waals surface area contributed by atoms with Crippen molar-refractivity contribution in [3.63, 3.8) is 0 Å². The third-order valence-electron chi connectivity index (χ3n) is 8.33. The number of carbonyl (C=O) groups is 1. The number of aryl methyl sites for hydroxylation is 1. The Kier molecular flexibility index (Phi) is 8.12. The van der Waals surface area contributed by atoms with E-state index >= 15 is 0 Å². The zero-order valence-electron chi connectivity index (χ0n) is 21.7. The van der Waals surface area contributed by atoms with E-state index in [1.54, 1.807) is 5.57 Å². The van der Waals surface area contributed by atoms with E-state index in [0.29, 0.717) is 12.5 Å². The van der Waals surface area contributed by atoms with Gasteiger partial charge in [-0.25, -0.2) is 0 Å². The molecule has 5 rings (SSSR count). The van der Waals surface area contributed by atoms with Crippen LogP contribution in [0.3, 0.4) is 0 Å². The number of anilines is 1. The number of benzene rings is 2. The van der Waals surface area contributed by atoms with Gasteiger partial charge in [-0.2, -0.15) is 0 Å². The van der Waals surface area contributed by atoms with Crippen LogP contribution < -0.4 is 5.32 Å². The van der Waals surface area contributed by atoms with Crippen molar-refractivity contribution in [2.45, 2.75) is 38.5 Å². The van der Waals surface area contributed by atoms with E-state index in [2.05, 4.69) is 64.3 Å². The highest BCUT2D eigenvalue weighted by molar-refractivity contribution is 6.30. The second-order valence-electron chi connectivity index (χ2n) is 10.8. The van der Waals surface area contributed by atoms with E-state index in [1.807, 2.05) is 12.1 Å². The first-order valence-electron chi connectivity index (χ1n) is 13.4. The van der Waals surface area contributed by atoms with Crippen molar-refractivity contribution in [1.82, 2.24) is 14.7 Å². The second-order valence-corrected chi connectivity index (χ2v) is 11.3. The quantitative estimate of drug-likeness (QED) is 0.590. The smallest absolute Gasteiger partial charge is 0.238 e. The molecule has 2 aromatic carbocycles. The third kappa shape index (κ3) is 6.20. The maximum absolute atomic E-state index is 12.8. The lowest BCUT2D eigenvalue weighted by Crippen LogP contribution is -2.45. The molecule has 3 aliphatic rings. The first-order valence-corrected chi connectivity index (χ1v) is 13.8. The van der Waals surface area contributed by atoms with Gasteiger partial charge in [0.2, 0.25) is 5.91 Å². The zero-order valence-corrected chi connectivity index (χ0v) is 22.5. The predicted octanol–water partition coefficient (Wildman–Crippen LogP) is 5.13. The zero-order chi connectivity index (χ0) is 25.1. The van der Waals surface area contributed by atoms with Gasteiger partial charge >= 0.3 is 0 Å². The Balaban J connectivity index is 1.13. The molecule has 2 fully saturated rings. The molecule has 192 valence electrons. The molecule has 0 spiro atoms. The first kappa shape index (κ1) is 25.5. The standard InChI is InChI=1S/C30H39ClN4O/c1-22-26(20-35-17-15-33(2)16-18-35)4-3-25-19-28(9-10-29(22)25)32-30(36)21-34-13-11-24(12-14-34)23-5-7-27(31)8-6-23/h5-10,19,24H,3-4,11-18,20-21H2,1-2H3,(H,32,36). The first-order chi connectivity index (χ1) is 17.4. The van der Waals surface area contributed by atoms with Gasteiger partial charge in [-0.3, -0.25) is 14.6 Å². The number of amides is 1. The van der Waals surface area contributed by atoms with Gasteiger partial charge in [0.15, 0.2) is 0 Å². The summed E-state index contributed by atoms with van der Waals surface area (Å²) in [5, 5.41) is 3.94. The predicted molar refractivity (Wildman–Crippen MR) is 150 cm³/mol. The average molecular weight is 507 g/mol. The van der Waals surface area contributed by atoms with E-state index in [1.165, 1.54) is 22.3 Å². The summed E-state index contributed by atoms with van der Waals surface area (Å²) in [6.07, 6.45) is 4.33. The van der Waals surface area contributed by atoms with Crippen molar-refractivity contribution in [3.05, 3.63) is 69.8 Å². The summed E-state index contributed by atoms with van der Waals surface area (Å²) >= 11 is 6.03. The van der Waals surface area contributed by atoms with Crippen molar-refractivity contribution in [1.29, 1.82) is 0 Å². The molecule has 5 nitrogen and oxygen atoms in total. The minimum atomic E-state index is 0.0821. The molecule has 2 aromatic rings. The van der Waals surface area contributed by atoms with E-state index in [9.17, 15) is 4.79 Å². The molecule has 1 amide bonds. The number of fused-ring (bicyclic) bond motifs is 1. The number of hydrogen-bond donors (Lipinski definition) is 1. The van der Waals surface area contributed by atoms with Crippen molar-refractivity contribution < 1.29 is 4.79 Å². The number of halogens is 1. The Morgan fingerprint density at radius 1 is 0.944 bits per heavy atom. The SMILES string of the molecule is CC1=C(CN2CCN(C)CC2)CCc2cc(NC(=O)CN3CCC(c4ccc(Cl)cc4)CC3)ccc21. The fraction of sp³-hybridized carbons (Fsp3) is 0.500. The highest BCUT2D eigenvalue weighted by atomic mass is 35.5. The fourth-order valence-corrected chi connectivity index (χ4v) is 6.07. The summed E-state index contributed by atoms with van der Waals surface area (Å²) in [6.45, 7) is 10.3. The van der Waals surface area contributed by atoms with Crippen LogP contribution in [0.4, 0.5) is 5.69 Å². The van der Waals surface area contributed by atoms with Crippen molar-refractivity contribution in [3.8, 4) is 0 Å². The van der Waals surface area contributed by atoms with Crippen LogP contribution >= 0.6 is 11.6 Å². The van der Waals surface area contributed by atoms with E-state index < -0.39 is 0 Å². The lowest BCUT2D eigenvalue weighted by atomic mass is 9.85. The van der Waals surface area contributed by atoms with Crippen molar-refractivity contribution in [2.24, 2.45) is 0 Å². The topological polar surface area (TPSA) is 38.8 Å². The van der Waals surface area contributed by atoms with Gasteiger partial charge in [0, 0.05) is 43.4 Å². The van der Waals surface area contributed by atoms with Crippen molar-refractivity contribution in [2.75, 3.05) is 64.7 Å². The minimum absolute atomic E-state index is 0.0821. The highest BCUT2D eigenvalue weighted by Crippen LogP contribution is 2.33. The molecular weight excluding hydrogens is 468 g/mol. The lowest BCUT2D eigenvalue weighted by molar-refractivity contribution is -0.117. The fourth-order valence-electron chi connectivity index (χ4n) is 5.94. The molecule has 2 heterocycles. The van der Waals surface area contributed by atoms with Gasteiger partial charge in [-0.05, 0) is 105 Å². The number of rotatable bonds is 6. The normalized spacial score (nSPS) is 20.4. The summed E-state index contributed by atoms with van der Waals surface area (Å²) in [7, 11) is 2.21. The van der Waals surface area contributed by atoms with Gasteiger partial charge in [0.1, 0.15) is 0 Å². The van der Waals surface area contributed by atoms with Crippen LogP contribution in [-0.2, 0) is 11.2 Å². The Bertz CT molecular complexity index is 1100. The number of nitrogens with zero attached hydrogens (tertiary/aromatic N) is 3. The van der Waals surface area contributed by atoms with Crippen LogP contribution in [0.25, 0.3) is 5.57 Å². The van der Waals surface area contributed by atoms with Crippen LogP contribution in [0, 0.1) is 0 Å². The van der Waals surface area contributed by atoms with Crippen molar-refractivity contribution >= 4 is 28.8 Å². The molecule has 0 atom stereocenters. The number of carbonyl (C=O) groups excluding carboxylic acids is 1. The van der Waals surface area contributed by atoms with Gasteiger partial charge in [-0.15, -0.1) is 0 Å². The number of piperidine rings is 1. The molecule has 1 aliphatic carbocycles. The Labute approximate surface area is 221 Å². The number of likely N-dealkylation sites (N-methyl/N-ethyl adjacent to an activating group) is 1. The van der Waals surface area contributed by atoms with Gasteiger partial charge in [0.05, 0.1) is 6.54 Å². The largest absolute Gasteiger partial charge is 0.325 e. The molecule has 2 aliphatic heterocycles. The number of allylic oxidation sites excluding steroid dienone is 1. The van der Waals surface area contributed by atoms with E-state index in [0.717, 1.165) is 82.2 Å². The molecule has 0 bridgehead atoms. The van der Waals surface area contributed by atoms with Crippen LogP contribution in [0.1, 0.15) is 48.8 Å². The molecule has 36 heavy (non-hydrogen) atoms. The Morgan fingerprint density at radius 2 is 1.67 bits per heavy atom. The van der Waals surface area contributed by atoms with Crippen LogP contribution in [0.15, 0.2) is 48.0 Å². The Hall–Kier alpha value is -2.18. The summed E-state index contributed by atoms with van der Waals surface area (Å²) in [4.78, 5) is 20.1. The third-order valence-corrected chi connectivity index (χ3v) is 8.58. The lowest BCUT2D eigenvalue weighted by Gasteiger charge is -2.34. The van der Waals surface area contributed by atoms with Crippen LogP contribution in [-0.4, -0.2) is 80.0 Å². The highest BCUT2D eigenvalue weighted by Gasteiger charge is 2.23. The number of nitrogens with one attached hydrogen (secondary N) is 1. The number of likely N-dealkylation sites (tertiary alicyclic amines) is 1. The molecule has 0 aromatic heterocycles. The van der Waals surface area contributed by atoms with E-state index in [4.69, 9.17) is 11.6 Å². The molecule has 0 unspecified atom stereocenters. The van der Waals surface area contributed by atoms with Gasteiger partial charge in [0.25, 0.3) is 0 Å². The van der Waals surface area contributed by atoms with Gasteiger partial charge in [-0.1, -0.05) is 35.4 Å². The number of hydrogen-bond acceptors (Lipinski definition) is 4. The molecule has 0 radical (unpaired) electrons. The Morgan fingerprint density at radius 3 is 2.39 bits per heavy atom. The molecule has 2 saturated heterocycles. The summed E-state index contributed by atoms with van der Waals surface area (Å²) in [5.41, 5.74) is 7.99. The molecular formula is C30H39ClN4O. The van der Waals surface area contributed by atoms with Gasteiger partial charge < -0.3 is 10.2 Å². The summed E-state index contributed by atoms with van der Waals surface area (Å²) in [5.74, 6) is 0.637. The maximum atomic E-state index is 12.8. The summed E-state index contributed by atoms with van der Waals surface area (Å²) in [6, 6.07) is 14.7. The molecule has 0 saturated carbocycles. The monoisotopic (exact) mass is 506 g/mol.